The second kappa shape index (κ2) is 7.30. The number of hydrogen-bond acceptors (Lipinski definition) is 3. The van der Waals surface area contributed by atoms with Crippen molar-refractivity contribution in [2.24, 2.45) is 0 Å². The Labute approximate surface area is 137 Å². The Bertz CT molecular complexity index is 623. The number of aromatic nitrogens is 1. The van der Waals surface area contributed by atoms with Crippen molar-refractivity contribution >= 4 is 28.2 Å². The topological polar surface area (TPSA) is 37.0 Å². The molecule has 4 heteroatoms. The van der Waals surface area contributed by atoms with Crippen molar-refractivity contribution < 1.29 is 0 Å². The summed E-state index contributed by atoms with van der Waals surface area (Å²) in [6.07, 6.45) is 10.2. The molecule has 22 heavy (non-hydrogen) atoms. The zero-order valence-corrected chi connectivity index (χ0v) is 13.3. The molecule has 0 spiro atoms. The molecule has 2 aromatic rings. The van der Waals surface area contributed by atoms with Gasteiger partial charge in [-0.15, -0.1) is 0 Å². The van der Waals surface area contributed by atoms with Gasteiger partial charge in [-0.1, -0.05) is 11.6 Å². The van der Waals surface area contributed by atoms with E-state index in [2.05, 4.69) is 48.2 Å². The third-order valence-electron chi connectivity index (χ3n) is 3.62. The van der Waals surface area contributed by atoms with Gasteiger partial charge >= 0.3 is 0 Å². The van der Waals surface area contributed by atoms with E-state index in [0.29, 0.717) is 11.1 Å². The molecular weight excluding hydrogens is 294 g/mol. The molecule has 1 aromatic carbocycles. The Morgan fingerprint density at radius 2 is 2.00 bits per heavy atom. The van der Waals surface area contributed by atoms with Crippen LogP contribution >= 0.6 is 11.6 Å². The number of nitrogens with one attached hydrogen (secondary N) is 2. The minimum absolute atomic E-state index is 0.316. The van der Waals surface area contributed by atoms with Crippen molar-refractivity contribution in [2.75, 3.05) is 18.4 Å². The summed E-state index contributed by atoms with van der Waals surface area (Å²) < 4.78 is 0. The average molecular weight is 313 g/mol. The van der Waals surface area contributed by atoms with Gasteiger partial charge in [-0.2, -0.15) is 0 Å². The van der Waals surface area contributed by atoms with Crippen LogP contribution < -0.4 is 10.6 Å². The van der Waals surface area contributed by atoms with Gasteiger partial charge in [0.05, 0.1) is 5.52 Å². The maximum absolute atomic E-state index is 6.02. The van der Waals surface area contributed by atoms with Crippen LogP contribution in [0.25, 0.3) is 10.9 Å². The molecule has 0 saturated heterocycles. The predicted molar refractivity (Wildman–Crippen MR) is 93.2 cm³/mol. The number of halogens is 1. The smallest absolute Gasteiger partial charge is 0.0737 e. The Morgan fingerprint density at radius 1 is 1.18 bits per heavy atom. The second-order valence-corrected chi connectivity index (χ2v) is 5.93. The van der Waals surface area contributed by atoms with Gasteiger partial charge in [0, 0.05) is 41.4 Å². The molecule has 3 rings (SSSR count). The van der Waals surface area contributed by atoms with E-state index < -0.39 is 0 Å². The van der Waals surface area contributed by atoms with Crippen LogP contribution in [0.2, 0.25) is 5.02 Å². The van der Waals surface area contributed by atoms with Gasteiger partial charge < -0.3 is 10.6 Å². The van der Waals surface area contributed by atoms with Crippen molar-refractivity contribution in [3.8, 4) is 0 Å². The number of pyridine rings is 1. The fourth-order valence-corrected chi connectivity index (χ4v) is 2.69. The molecule has 113 valence electrons. The maximum Gasteiger partial charge on any atom is 0.0737 e. The molecule has 1 aliphatic rings. The van der Waals surface area contributed by atoms with Crippen LogP contribution in [-0.4, -0.2) is 24.1 Å². The molecule has 5 radical (unpaired) electrons. The van der Waals surface area contributed by atoms with E-state index in [9.17, 15) is 0 Å². The molecule has 1 aromatic heterocycles. The fraction of sp³-hybridized carbons (Fsp3) is 0.222. The molecule has 0 bridgehead atoms. The van der Waals surface area contributed by atoms with Crippen molar-refractivity contribution in [2.45, 2.75) is 13.0 Å². The minimum atomic E-state index is 0.316. The van der Waals surface area contributed by atoms with E-state index in [1.807, 2.05) is 30.5 Å². The highest BCUT2D eigenvalue weighted by Gasteiger charge is 2.16. The predicted octanol–water partition coefficient (Wildman–Crippen LogP) is 3.68. The van der Waals surface area contributed by atoms with E-state index in [-0.39, 0.29) is 0 Å². The first-order chi connectivity index (χ1) is 10.7. The highest BCUT2D eigenvalue weighted by Crippen LogP contribution is 2.25. The normalized spacial score (nSPS) is 17.0. The van der Waals surface area contributed by atoms with Gasteiger partial charge in [-0.3, -0.25) is 4.98 Å². The molecule has 3 nitrogen and oxygen atoms in total. The van der Waals surface area contributed by atoms with Crippen molar-refractivity contribution in [3.63, 3.8) is 0 Å². The van der Waals surface area contributed by atoms with Crippen LogP contribution in [-0.2, 0) is 0 Å². The lowest BCUT2D eigenvalue weighted by Crippen LogP contribution is -2.32. The van der Waals surface area contributed by atoms with E-state index in [1.54, 1.807) is 0 Å². The van der Waals surface area contributed by atoms with Gasteiger partial charge in [-0.25, -0.2) is 0 Å². The second-order valence-electron chi connectivity index (χ2n) is 5.49. The van der Waals surface area contributed by atoms with Crippen LogP contribution in [0.1, 0.15) is 6.92 Å². The van der Waals surface area contributed by atoms with Crippen molar-refractivity contribution in [3.05, 3.63) is 67.1 Å². The number of nitrogens with zero attached hydrogens (tertiary/aromatic N) is 1. The zero-order valence-electron chi connectivity index (χ0n) is 12.5. The first-order valence-corrected chi connectivity index (χ1v) is 7.82. The highest BCUT2D eigenvalue weighted by molar-refractivity contribution is 6.31. The van der Waals surface area contributed by atoms with Crippen LogP contribution in [0.5, 0.6) is 0 Å². The van der Waals surface area contributed by atoms with Crippen LogP contribution in [0.4, 0.5) is 5.69 Å². The van der Waals surface area contributed by atoms with Gasteiger partial charge in [-0.05, 0) is 62.8 Å². The zero-order chi connectivity index (χ0) is 15.4. The lowest BCUT2D eigenvalue weighted by atomic mass is 10.1. The SMILES string of the molecule is CC(CNC[C]1[CH][CH][CH][CH]1)Nc1ccnc2cc(Cl)ccc12. The summed E-state index contributed by atoms with van der Waals surface area (Å²) in [5.41, 5.74) is 2.00. The quantitative estimate of drug-likeness (QED) is 0.854. The van der Waals surface area contributed by atoms with Crippen LogP contribution in [0, 0.1) is 31.6 Å². The first-order valence-electron chi connectivity index (χ1n) is 7.44. The molecule has 1 aliphatic carbocycles. The van der Waals surface area contributed by atoms with Crippen LogP contribution in [0.15, 0.2) is 30.5 Å². The largest absolute Gasteiger partial charge is 0.381 e. The fourth-order valence-electron chi connectivity index (χ4n) is 2.53. The lowest BCUT2D eigenvalue weighted by Gasteiger charge is -2.18. The summed E-state index contributed by atoms with van der Waals surface area (Å²) in [4.78, 5) is 4.37. The molecule has 1 atom stereocenters. The monoisotopic (exact) mass is 312 g/mol. The summed E-state index contributed by atoms with van der Waals surface area (Å²) in [6.45, 7) is 3.95. The summed E-state index contributed by atoms with van der Waals surface area (Å²) >= 11 is 6.02. The first kappa shape index (κ1) is 15.6. The number of rotatable bonds is 6. The molecule has 1 fully saturated rings. The van der Waals surface area contributed by atoms with Gasteiger partial charge in [0.1, 0.15) is 0 Å². The van der Waals surface area contributed by atoms with E-state index in [4.69, 9.17) is 11.6 Å². The average Bonchev–Trinajstić information content (AvgIpc) is 3.00. The molecule has 0 aliphatic heterocycles. The number of anilines is 1. The van der Waals surface area contributed by atoms with Gasteiger partial charge in [0.2, 0.25) is 0 Å². The standard InChI is InChI=1S/C18H19ClN3/c1-13(11-20-12-14-4-2-3-5-14)22-17-8-9-21-18-10-15(19)6-7-16(17)18/h2-10,13,20H,11-12H2,1H3,(H,21,22). The Morgan fingerprint density at radius 3 is 2.82 bits per heavy atom. The van der Waals surface area contributed by atoms with Gasteiger partial charge in [0.25, 0.3) is 0 Å². The van der Waals surface area contributed by atoms with E-state index >= 15 is 0 Å². The van der Waals surface area contributed by atoms with Crippen molar-refractivity contribution in [1.29, 1.82) is 0 Å². The molecule has 1 heterocycles. The Hall–Kier alpha value is -1.32. The van der Waals surface area contributed by atoms with Crippen molar-refractivity contribution in [1.82, 2.24) is 10.3 Å². The van der Waals surface area contributed by atoms with E-state index in [0.717, 1.165) is 29.7 Å². The maximum atomic E-state index is 6.02. The van der Waals surface area contributed by atoms with E-state index in [1.165, 1.54) is 5.92 Å². The highest BCUT2D eigenvalue weighted by atomic mass is 35.5. The third-order valence-corrected chi connectivity index (χ3v) is 3.85. The Kier molecular flexibility index (Phi) is 5.16. The summed E-state index contributed by atoms with van der Waals surface area (Å²) in [7, 11) is 0. The number of hydrogen-bond donors (Lipinski definition) is 2. The number of benzene rings is 1. The van der Waals surface area contributed by atoms with Gasteiger partial charge in [0.15, 0.2) is 0 Å². The minimum Gasteiger partial charge on any atom is -0.381 e. The summed E-state index contributed by atoms with van der Waals surface area (Å²) in [5, 5.41) is 8.81. The third kappa shape index (κ3) is 3.90. The summed E-state index contributed by atoms with van der Waals surface area (Å²) in [6, 6.07) is 8.12. The summed E-state index contributed by atoms with van der Waals surface area (Å²) in [5.74, 6) is 1.32. The molecule has 2 N–H and O–H groups in total. The molecule has 1 saturated carbocycles. The Balaban J connectivity index is 1.57. The molecular formula is C18H19ClN3. The molecule has 0 amide bonds. The number of fused-ring (bicyclic) bond motifs is 1. The van der Waals surface area contributed by atoms with Crippen LogP contribution in [0.3, 0.4) is 0 Å². The lowest BCUT2D eigenvalue weighted by molar-refractivity contribution is 0.649. The molecule has 1 unspecified atom stereocenters.